The molecule has 2 amide bonds. The van der Waals surface area contributed by atoms with Crippen molar-refractivity contribution < 1.29 is 19.4 Å². The van der Waals surface area contributed by atoms with Gasteiger partial charge in [0, 0.05) is 26.2 Å². The number of pyridine rings is 1. The van der Waals surface area contributed by atoms with Crippen LogP contribution in [-0.4, -0.2) is 58.6 Å². The maximum absolute atomic E-state index is 12.5. The molecule has 0 aliphatic carbocycles. The number of likely N-dealkylation sites (tertiary alicyclic amines) is 1. The zero-order valence-electron chi connectivity index (χ0n) is 12.1. The smallest absolute Gasteiger partial charge is 0.259 e. The Hall–Kier alpha value is -2.15. The molecule has 0 aromatic carbocycles. The van der Waals surface area contributed by atoms with Crippen molar-refractivity contribution in [1.82, 2.24) is 15.2 Å². The lowest BCUT2D eigenvalue weighted by molar-refractivity contribution is -0.120. The number of aromatic nitrogens is 1. The van der Waals surface area contributed by atoms with Gasteiger partial charge in [0.25, 0.3) is 5.91 Å². The number of hydrogen-bond acceptors (Lipinski definition) is 5. The molecule has 1 aliphatic heterocycles. The number of aliphatic hydroxyl groups excluding tert-OH is 1. The predicted octanol–water partition coefficient (Wildman–Crippen LogP) is -0.198. The molecule has 7 nitrogen and oxygen atoms in total. The normalized spacial score (nSPS) is 21.2. The number of carbonyl (C=O) groups excluding carboxylic acids is 2. The van der Waals surface area contributed by atoms with Crippen LogP contribution in [0.3, 0.4) is 0 Å². The number of aliphatic hydroxyl groups is 1. The van der Waals surface area contributed by atoms with Crippen LogP contribution in [0.1, 0.15) is 24.2 Å². The van der Waals surface area contributed by atoms with Gasteiger partial charge >= 0.3 is 0 Å². The van der Waals surface area contributed by atoms with Gasteiger partial charge in [-0.3, -0.25) is 9.59 Å². The first-order valence-corrected chi connectivity index (χ1v) is 6.85. The van der Waals surface area contributed by atoms with Crippen molar-refractivity contribution in [2.24, 2.45) is 0 Å². The number of ether oxygens (including phenoxy) is 1. The van der Waals surface area contributed by atoms with Crippen LogP contribution >= 0.6 is 0 Å². The fraction of sp³-hybridized carbons (Fsp3) is 0.500. The van der Waals surface area contributed by atoms with Gasteiger partial charge in [-0.25, -0.2) is 4.98 Å². The van der Waals surface area contributed by atoms with E-state index >= 15 is 0 Å². The summed E-state index contributed by atoms with van der Waals surface area (Å²) in [6.45, 7) is 4.04. The summed E-state index contributed by atoms with van der Waals surface area (Å²) in [5, 5.41) is 12.6. The molecule has 2 atom stereocenters. The minimum atomic E-state index is -0.773. The summed E-state index contributed by atoms with van der Waals surface area (Å²) in [6, 6.07) is 2.85. The zero-order chi connectivity index (χ0) is 15.4. The monoisotopic (exact) mass is 293 g/mol. The summed E-state index contributed by atoms with van der Waals surface area (Å²) in [5.41, 5.74) is 0.357. The lowest BCUT2D eigenvalue weighted by Crippen LogP contribution is -2.41. The summed E-state index contributed by atoms with van der Waals surface area (Å²) in [7, 11) is 0. The third kappa shape index (κ3) is 3.49. The second-order valence-electron chi connectivity index (χ2n) is 4.87. The highest BCUT2D eigenvalue weighted by molar-refractivity contribution is 5.96. The summed E-state index contributed by atoms with van der Waals surface area (Å²) in [6.07, 6.45) is 0.783. The number of amides is 2. The van der Waals surface area contributed by atoms with E-state index in [1.54, 1.807) is 18.3 Å². The van der Waals surface area contributed by atoms with E-state index in [9.17, 15) is 14.7 Å². The van der Waals surface area contributed by atoms with Gasteiger partial charge in [-0.15, -0.1) is 0 Å². The fourth-order valence-electron chi connectivity index (χ4n) is 2.33. The number of β-amino-alcohol motifs (C(OH)–C–C–N with tert-alkyl or cyclic N) is 1. The van der Waals surface area contributed by atoms with Gasteiger partial charge in [0.15, 0.2) is 0 Å². The molecule has 0 saturated carbocycles. The van der Waals surface area contributed by atoms with Crippen molar-refractivity contribution >= 4 is 11.8 Å². The molecule has 1 fully saturated rings. The van der Waals surface area contributed by atoms with Crippen molar-refractivity contribution in [1.29, 1.82) is 0 Å². The summed E-state index contributed by atoms with van der Waals surface area (Å²) < 4.78 is 5.35. The Morgan fingerprint density at radius 3 is 2.95 bits per heavy atom. The minimum Gasteiger partial charge on any atom is -0.477 e. The molecule has 1 aromatic heterocycles. The van der Waals surface area contributed by atoms with E-state index < -0.39 is 12.1 Å². The third-order valence-corrected chi connectivity index (χ3v) is 3.25. The molecule has 7 heteroatoms. The molecule has 1 aromatic rings. The van der Waals surface area contributed by atoms with Crippen molar-refractivity contribution in [3.05, 3.63) is 23.9 Å². The van der Waals surface area contributed by atoms with Crippen LogP contribution in [-0.2, 0) is 4.79 Å². The molecule has 1 aliphatic rings. The molecular formula is C14H19N3O4. The molecule has 2 N–H and O–H groups in total. The Labute approximate surface area is 122 Å². The van der Waals surface area contributed by atoms with Crippen molar-refractivity contribution in [2.75, 3.05) is 19.7 Å². The maximum Gasteiger partial charge on any atom is 0.259 e. The number of nitrogens with one attached hydrogen (secondary N) is 1. The van der Waals surface area contributed by atoms with Crippen LogP contribution in [0.2, 0.25) is 0 Å². The molecule has 1 saturated heterocycles. The first-order valence-electron chi connectivity index (χ1n) is 6.85. The van der Waals surface area contributed by atoms with E-state index in [0.29, 0.717) is 12.2 Å². The predicted molar refractivity (Wildman–Crippen MR) is 74.9 cm³/mol. The molecule has 2 heterocycles. The van der Waals surface area contributed by atoms with E-state index in [2.05, 4.69) is 10.3 Å². The van der Waals surface area contributed by atoms with E-state index in [0.717, 1.165) is 0 Å². The Kier molecular flexibility index (Phi) is 4.74. The van der Waals surface area contributed by atoms with Gasteiger partial charge in [-0.05, 0) is 19.1 Å². The van der Waals surface area contributed by atoms with Crippen LogP contribution < -0.4 is 10.1 Å². The first kappa shape index (κ1) is 15.2. The topological polar surface area (TPSA) is 91.8 Å². The van der Waals surface area contributed by atoms with Gasteiger partial charge in [0.1, 0.15) is 5.56 Å². The number of hydrogen-bond donors (Lipinski definition) is 2. The number of nitrogens with zero attached hydrogens (tertiary/aromatic N) is 2. The average molecular weight is 293 g/mol. The fourth-order valence-corrected chi connectivity index (χ4v) is 2.33. The van der Waals surface area contributed by atoms with Crippen LogP contribution in [0.4, 0.5) is 0 Å². The van der Waals surface area contributed by atoms with Gasteiger partial charge in [-0.2, -0.15) is 0 Å². The van der Waals surface area contributed by atoms with Crippen LogP contribution in [0, 0.1) is 0 Å². The molecule has 0 unspecified atom stereocenters. The van der Waals surface area contributed by atoms with Gasteiger partial charge in [-0.1, -0.05) is 0 Å². The zero-order valence-corrected chi connectivity index (χ0v) is 12.1. The van der Waals surface area contributed by atoms with Crippen molar-refractivity contribution in [3.8, 4) is 5.88 Å². The molecule has 2 rings (SSSR count). The van der Waals surface area contributed by atoms with E-state index in [1.807, 2.05) is 6.92 Å². The van der Waals surface area contributed by atoms with Crippen molar-refractivity contribution in [3.63, 3.8) is 0 Å². The number of rotatable bonds is 4. The highest BCUT2D eigenvalue weighted by Crippen LogP contribution is 2.20. The SMILES string of the molecule is CCOc1ncccc1C(=O)N1C[C@@H](O)[C@H](NC(C)=O)C1. The Morgan fingerprint density at radius 2 is 2.29 bits per heavy atom. The lowest BCUT2D eigenvalue weighted by atomic mass is 10.2. The third-order valence-electron chi connectivity index (χ3n) is 3.25. The van der Waals surface area contributed by atoms with Crippen LogP contribution in [0.15, 0.2) is 18.3 Å². The minimum absolute atomic E-state index is 0.171. The maximum atomic E-state index is 12.5. The Bertz CT molecular complexity index is 535. The highest BCUT2D eigenvalue weighted by atomic mass is 16.5. The van der Waals surface area contributed by atoms with Crippen molar-refractivity contribution in [2.45, 2.75) is 26.0 Å². The molecule has 0 bridgehead atoms. The van der Waals surface area contributed by atoms with Gasteiger partial charge in [0.05, 0.1) is 18.8 Å². The van der Waals surface area contributed by atoms with Gasteiger partial charge in [0.2, 0.25) is 11.8 Å². The average Bonchev–Trinajstić information content (AvgIpc) is 2.80. The van der Waals surface area contributed by atoms with Crippen LogP contribution in [0.5, 0.6) is 5.88 Å². The largest absolute Gasteiger partial charge is 0.477 e. The Balaban J connectivity index is 2.13. The lowest BCUT2D eigenvalue weighted by Gasteiger charge is -2.17. The van der Waals surface area contributed by atoms with E-state index in [1.165, 1.54) is 11.8 Å². The quantitative estimate of drug-likeness (QED) is 0.802. The van der Waals surface area contributed by atoms with Crippen LogP contribution in [0.25, 0.3) is 0 Å². The summed E-state index contributed by atoms with van der Waals surface area (Å²) >= 11 is 0. The molecule has 114 valence electrons. The molecular weight excluding hydrogens is 274 g/mol. The first-order chi connectivity index (χ1) is 10.0. The van der Waals surface area contributed by atoms with E-state index in [4.69, 9.17) is 4.74 Å². The summed E-state index contributed by atoms with van der Waals surface area (Å²) in [5.74, 6) is -0.217. The second kappa shape index (κ2) is 6.53. The molecule has 21 heavy (non-hydrogen) atoms. The summed E-state index contributed by atoms with van der Waals surface area (Å²) in [4.78, 5) is 29.1. The molecule has 0 spiro atoms. The van der Waals surface area contributed by atoms with Gasteiger partial charge < -0.3 is 20.1 Å². The molecule has 0 radical (unpaired) electrons. The number of carbonyl (C=O) groups is 2. The Morgan fingerprint density at radius 1 is 1.52 bits per heavy atom. The van der Waals surface area contributed by atoms with E-state index in [-0.39, 0.29) is 30.8 Å². The standard InChI is InChI=1S/C14H19N3O4/c1-3-21-13-10(5-4-6-15-13)14(20)17-7-11(12(19)8-17)16-9(2)18/h4-6,11-12,19H,3,7-8H2,1-2H3,(H,16,18)/t11-,12-/m1/s1. The second-order valence-corrected chi connectivity index (χ2v) is 4.87. The highest BCUT2D eigenvalue weighted by Gasteiger charge is 2.35.